The van der Waals surface area contributed by atoms with Crippen molar-refractivity contribution < 1.29 is 9.18 Å². The second kappa shape index (κ2) is 4.59. The summed E-state index contributed by atoms with van der Waals surface area (Å²) in [5, 5.41) is 4.10. The number of halogens is 1. The first-order valence-corrected chi connectivity index (χ1v) is 8.69. The molecule has 120 valence electrons. The Kier molecular flexibility index (Phi) is 2.71. The predicted octanol–water partition coefficient (Wildman–Crippen LogP) is 4.01. The number of hydrogen-bond donors (Lipinski definition) is 2. The topological polar surface area (TPSA) is 44.9 Å². The van der Waals surface area contributed by atoms with Crippen LogP contribution in [0.3, 0.4) is 0 Å². The number of H-pyrrole nitrogens is 1. The number of hydrogen-bond acceptors (Lipinski definition) is 1. The van der Waals surface area contributed by atoms with Crippen LogP contribution in [0.25, 0.3) is 10.9 Å². The van der Waals surface area contributed by atoms with Gasteiger partial charge in [-0.05, 0) is 80.5 Å². The van der Waals surface area contributed by atoms with Crippen molar-refractivity contribution >= 4 is 16.8 Å². The van der Waals surface area contributed by atoms with Gasteiger partial charge in [0.05, 0.1) is 0 Å². The predicted molar refractivity (Wildman–Crippen MR) is 86.6 cm³/mol. The number of amides is 1. The third-order valence-electron chi connectivity index (χ3n) is 6.24. The van der Waals surface area contributed by atoms with Crippen molar-refractivity contribution in [3.8, 4) is 0 Å². The molecule has 1 heterocycles. The molecule has 4 heteroatoms. The Labute approximate surface area is 134 Å². The lowest BCUT2D eigenvalue weighted by Crippen LogP contribution is -2.59. The first kappa shape index (κ1) is 13.6. The maximum Gasteiger partial charge on any atom is 0.268 e. The van der Waals surface area contributed by atoms with Crippen LogP contribution in [0.1, 0.15) is 49.0 Å². The van der Waals surface area contributed by atoms with E-state index < -0.39 is 0 Å². The molecule has 0 saturated heterocycles. The molecular formula is C19H21FN2O. The van der Waals surface area contributed by atoms with Gasteiger partial charge in [0.15, 0.2) is 0 Å². The molecule has 23 heavy (non-hydrogen) atoms. The molecule has 1 aromatic heterocycles. The van der Waals surface area contributed by atoms with Gasteiger partial charge in [-0.3, -0.25) is 4.79 Å². The fraction of sp³-hybridized carbons (Fsp3) is 0.526. The molecule has 0 atom stereocenters. The van der Waals surface area contributed by atoms with Gasteiger partial charge in [-0.25, -0.2) is 4.39 Å². The van der Waals surface area contributed by atoms with Crippen LogP contribution >= 0.6 is 0 Å². The van der Waals surface area contributed by atoms with Crippen LogP contribution in [0.15, 0.2) is 24.3 Å². The number of aromatic nitrogens is 1. The Balaban J connectivity index is 1.42. The van der Waals surface area contributed by atoms with E-state index in [2.05, 4.69) is 10.3 Å². The van der Waals surface area contributed by atoms with Crippen LogP contribution in [0.4, 0.5) is 4.39 Å². The van der Waals surface area contributed by atoms with E-state index in [-0.39, 0.29) is 17.3 Å². The number of benzene rings is 1. The molecule has 1 amide bonds. The van der Waals surface area contributed by atoms with Gasteiger partial charge in [-0.15, -0.1) is 0 Å². The lowest BCUT2D eigenvalue weighted by molar-refractivity contribution is -0.0167. The Morgan fingerprint density at radius 2 is 1.74 bits per heavy atom. The fourth-order valence-electron chi connectivity index (χ4n) is 5.80. The maximum absolute atomic E-state index is 13.3. The van der Waals surface area contributed by atoms with E-state index in [4.69, 9.17) is 0 Å². The van der Waals surface area contributed by atoms with Gasteiger partial charge in [-0.2, -0.15) is 0 Å². The van der Waals surface area contributed by atoms with E-state index in [1.54, 1.807) is 12.1 Å². The summed E-state index contributed by atoms with van der Waals surface area (Å²) >= 11 is 0. The van der Waals surface area contributed by atoms with E-state index in [9.17, 15) is 9.18 Å². The molecular weight excluding hydrogens is 291 g/mol. The molecule has 4 saturated carbocycles. The monoisotopic (exact) mass is 312 g/mol. The molecule has 4 fully saturated rings. The van der Waals surface area contributed by atoms with Crippen LogP contribution in [-0.4, -0.2) is 16.4 Å². The summed E-state index contributed by atoms with van der Waals surface area (Å²) in [6.07, 6.45) is 7.50. The highest BCUT2D eigenvalue weighted by molar-refractivity contribution is 5.98. The number of aromatic amines is 1. The lowest BCUT2D eigenvalue weighted by atomic mass is 9.53. The maximum atomic E-state index is 13.3. The zero-order valence-electron chi connectivity index (χ0n) is 13.1. The molecule has 0 radical (unpaired) electrons. The summed E-state index contributed by atoms with van der Waals surface area (Å²) < 4.78 is 13.3. The summed E-state index contributed by atoms with van der Waals surface area (Å²) in [4.78, 5) is 15.9. The summed E-state index contributed by atoms with van der Waals surface area (Å²) in [5.74, 6) is 2.10. The molecule has 0 spiro atoms. The SMILES string of the molecule is O=C(NC12CC3CC(CC(C3)C1)C2)c1cc2cc(F)ccc2[nH]1. The Morgan fingerprint density at radius 1 is 1.09 bits per heavy atom. The van der Waals surface area contributed by atoms with Crippen molar-refractivity contribution in [3.05, 3.63) is 35.8 Å². The van der Waals surface area contributed by atoms with Gasteiger partial charge in [0.2, 0.25) is 0 Å². The van der Waals surface area contributed by atoms with E-state index in [1.807, 2.05) is 0 Å². The summed E-state index contributed by atoms with van der Waals surface area (Å²) in [7, 11) is 0. The van der Waals surface area contributed by atoms with E-state index in [0.717, 1.165) is 47.9 Å². The van der Waals surface area contributed by atoms with Gasteiger partial charge < -0.3 is 10.3 Å². The van der Waals surface area contributed by atoms with Crippen LogP contribution in [0.5, 0.6) is 0 Å². The van der Waals surface area contributed by atoms with Gasteiger partial charge >= 0.3 is 0 Å². The second-order valence-corrected chi connectivity index (χ2v) is 8.07. The average molecular weight is 312 g/mol. The van der Waals surface area contributed by atoms with Crippen molar-refractivity contribution in [2.75, 3.05) is 0 Å². The first-order valence-electron chi connectivity index (χ1n) is 8.69. The fourth-order valence-corrected chi connectivity index (χ4v) is 5.80. The van der Waals surface area contributed by atoms with Gasteiger partial charge in [0, 0.05) is 16.4 Å². The Morgan fingerprint density at radius 3 is 2.39 bits per heavy atom. The molecule has 4 aliphatic carbocycles. The average Bonchev–Trinajstić information content (AvgIpc) is 2.88. The van der Waals surface area contributed by atoms with E-state index in [1.165, 1.54) is 31.4 Å². The highest BCUT2D eigenvalue weighted by Gasteiger charge is 2.51. The summed E-state index contributed by atoms with van der Waals surface area (Å²) in [6.45, 7) is 0. The first-order chi connectivity index (χ1) is 11.1. The largest absolute Gasteiger partial charge is 0.351 e. The number of carbonyl (C=O) groups excluding carboxylic acids is 1. The molecule has 2 N–H and O–H groups in total. The second-order valence-electron chi connectivity index (χ2n) is 8.07. The van der Waals surface area contributed by atoms with Crippen LogP contribution in [-0.2, 0) is 0 Å². The highest BCUT2D eigenvalue weighted by Crippen LogP contribution is 2.55. The molecule has 4 aliphatic rings. The molecule has 1 aromatic carbocycles. The summed E-state index contributed by atoms with van der Waals surface area (Å²) in [6, 6.07) is 6.33. The smallest absolute Gasteiger partial charge is 0.268 e. The molecule has 3 nitrogen and oxygen atoms in total. The number of rotatable bonds is 2. The Bertz CT molecular complexity index is 758. The van der Waals surface area contributed by atoms with Gasteiger partial charge in [0.1, 0.15) is 11.5 Å². The van der Waals surface area contributed by atoms with Gasteiger partial charge in [0.25, 0.3) is 5.91 Å². The number of nitrogens with one attached hydrogen (secondary N) is 2. The minimum Gasteiger partial charge on any atom is -0.351 e. The highest BCUT2D eigenvalue weighted by atomic mass is 19.1. The molecule has 0 aliphatic heterocycles. The minimum absolute atomic E-state index is 0.00831. The van der Waals surface area contributed by atoms with Crippen LogP contribution < -0.4 is 5.32 Å². The van der Waals surface area contributed by atoms with Crippen molar-refractivity contribution in [2.45, 2.75) is 44.1 Å². The summed E-state index contributed by atoms with van der Waals surface area (Å²) in [5.41, 5.74) is 1.36. The molecule has 6 rings (SSSR count). The third kappa shape index (κ3) is 2.19. The van der Waals surface area contributed by atoms with Crippen molar-refractivity contribution in [1.82, 2.24) is 10.3 Å². The molecule has 0 unspecified atom stereocenters. The normalized spacial score (nSPS) is 34.9. The van der Waals surface area contributed by atoms with Gasteiger partial charge in [-0.1, -0.05) is 0 Å². The number of fused-ring (bicyclic) bond motifs is 1. The minimum atomic E-state index is -0.274. The van der Waals surface area contributed by atoms with Crippen LogP contribution in [0, 0.1) is 23.6 Å². The lowest BCUT2D eigenvalue weighted by Gasteiger charge is -2.56. The zero-order valence-corrected chi connectivity index (χ0v) is 13.1. The van der Waals surface area contributed by atoms with Crippen molar-refractivity contribution in [3.63, 3.8) is 0 Å². The van der Waals surface area contributed by atoms with E-state index in [0.29, 0.717) is 5.69 Å². The third-order valence-corrected chi connectivity index (χ3v) is 6.24. The van der Waals surface area contributed by atoms with Crippen molar-refractivity contribution in [1.29, 1.82) is 0 Å². The number of carbonyl (C=O) groups is 1. The molecule has 4 bridgehead atoms. The standard InChI is InChI=1S/C19H21FN2O/c20-15-1-2-16-14(6-15)7-17(21-16)18(23)22-19-8-11-3-12(9-19)5-13(4-11)10-19/h1-2,6-7,11-13,21H,3-5,8-10H2,(H,22,23). The molecule has 2 aromatic rings. The Hall–Kier alpha value is -1.84. The van der Waals surface area contributed by atoms with E-state index >= 15 is 0 Å². The van der Waals surface area contributed by atoms with Crippen molar-refractivity contribution in [2.24, 2.45) is 17.8 Å². The van der Waals surface area contributed by atoms with Crippen LogP contribution in [0.2, 0.25) is 0 Å². The quantitative estimate of drug-likeness (QED) is 0.865. The zero-order chi connectivity index (χ0) is 15.6.